The monoisotopic (exact) mass is 587 g/mol. The second kappa shape index (κ2) is 11.6. The minimum absolute atomic E-state index is 0.192. The van der Waals surface area contributed by atoms with Crippen LogP contribution in [0, 0.1) is 30.3 Å². The van der Waals surface area contributed by atoms with Gasteiger partial charge >= 0.3 is 5.97 Å². The second-order valence-corrected chi connectivity index (χ2v) is 11.4. The Morgan fingerprint density at radius 3 is 2.48 bits per heavy atom. The van der Waals surface area contributed by atoms with Crippen LogP contribution >= 0.6 is 11.3 Å². The van der Waals surface area contributed by atoms with Gasteiger partial charge in [-0.2, -0.15) is 5.10 Å². The molecule has 0 aliphatic heterocycles. The molecule has 1 saturated carbocycles. The quantitative estimate of drug-likeness (QED) is 0.164. The average Bonchev–Trinajstić information content (AvgIpc) is 3.53. The van der Waals surface area contributed by atoms with Crippen molar-refractivity contribution in [2.75, 3.05) is 6.61 Å². The Morgan fingerprint density at radius 1 is 1.00 bits per heavy atom. The highest BCUT2D eigenvalue weighted by Gasteiger charge is 2.30. The first-order chi connectivity index (χ1) is 20.3. The van der Waals surface area contributed by atoms with Crippen LogP contribution in [0.1, 0.15) is 52.6 Å². The molecule has 1 aliphatic carbocycles. The van der Waals surface area contributed by atoms with E-state index in [4.69, 9.17) is 9.84 Å². The van der Waals surface area contributed by atoms with Crippen molar-refractivity contribution < 1.29 is 22.7 Å². The first kappa shape index (κ1) is 27.9. The maximum absolute atomic E-state index is 15.2. The normalized spacial score (nSPS) is 13.0. The number of esters is 1. The van der Waals surface area contributed by atoms with E-state index in [2.05, 4.69) is 4.98 Å². The number of nitrogens with zero attached hydrogens (tertiary/aromatic N) is 3. The number of halogens is 3. The van der Waals surface area contributed by atoms with Gasteiger partial charge in [-0.25, -0.2) is 27.6 Å². The van der Waals surface area contributed by atoms with Gasteiger partial charge in [0.25, 0.3) is 0 Å². The van der Waals surface area contributed by atoms with Gasteiger partial charge in [0.15, 0.2) is 5.69 Å². The summed E-state index contributed by atoms with van der Waals surface area (Å²) in [4.78, 5) is 16.9. The fourth-order valence-electron chi connectivity index (χ4n) is 5.04. The Hall–Kier alpha value is -4.24. The third-order valence-corrected chi connectivity index (χ3v) is 8.21. The van der Waals surface area contributed by atoms with E-state index in [0.29, 0.717) is 45.4 Å². The molecule has 0 saturated heterocycles. The molecule has 0 N–H and O–H groups in total. The summed E-state index contributed by atoms with van der Waals surface area (Å²) in [5.41, 5.74) is 5.26. The SMILES string of the molecule is CCOC(=O)c1csc(-n2nc(-c3ccc(F)c(-c4ccc(F)cc4)c3)c(Cc3ccc(C)cc3F)c2CC2CC2)n1. The topological polar surface area (TPSA) is 57.0 Å². The number of aryl methyl sites for hydroxylation is 1. The molecule has 0 unspecified atom stereocenters. The number of aromatic nitrogens is 3. The number of carbonyl (C=O) groups is 1. The van der Waals surface area contributed by atoms with Crippen LogP contribution in [-0.2, 0) is 17.6 Å². The first-order valence-corrected chi connectivity index (χ1v) is 14.7. The summed E-state index contributed by atoms with van der Waals surface area (Å²) in [6.07, 6.45) is 3.13. The summed E-state index contributed by atoms with van der Waals surface area (Å²) in [5, 5.41) is 7.11. The fraction of sp³-hybridized carbons (Fsp3) is 0.242. The Bertz CT molecular complexity index is 1770. The average molecular weight is 588 g/mol. The number of benzene rings is 3. The van der Waals surface area contributed by atoms with Crippen LogP contribution < -0.4 is 0 Å². The highest BCUT2D eigenvalue weighted by Crippen LogP contribution is 2.39. The number of hydrogen-bond donors (Lipinski definition) is 0. The molecule has 9 heteroatoms. The largest absolute Gasteiger partial charge is 0.461 e. The van der Waals surface area contributed by atoms with Crippen molar-refractivity contribution in [1.29, 1.82) is 0 Å². The molecule has 2 aromatic heterocycles. The second-order valence-electron chi connectivity index (χ2n) is 10.5. The maximum atomic E-state index is 15.2. The zero-order valence-corrected chi connectivity index (χ0v) is 24.0. The molecule has 0 amide bonds. The van der Waals surface area contributed by atoms with Crippen molar-refractivity contribution >= 4 is 17.3 Å². The highest BCUT2D eigenvalue weighted by molar-refractivity contribution is 7.12. The van der Waals surface area contributed by atoms with Gasteiger partial charge in [0.2, 0.25) is 5.13 Å². The van der Waals surface area contributed by atoms with E-state index in [9.17, 15) is 9.18 Å². The zero-order chi connectivity index (χ0) is 29.4. The smallest absolute Gasteiger partial charge is 0.357 e. The molecule has 2 heterocycles. The third kappa shape index (κ3) is 5.74. The molecule has 5 aromatic rings. The summed E-state index contributed by atoms with van der Waals surface area (Å²) in [6, 6.07) is 15.5. The van der Waals surface area contributed by atoms with Gasteiger partial charge < -0.3 is 4.74 Å². The van der Waals surface area contributed by atoms with Gasteiger partial charge in [-0.05, 0) is 92.1 Å². The standard InChI is InChI=1S/C33H28F3N3O2S/c1-3-41-32(40)29-18-42-33(37-29)39-30(15-20-5-6-20)26(16-22-7-4-19(2)14-28(22)36)31(38-39)23-10-13-27(35)25(17-23)21-8-11-24(34)12-9-21/h4,7-14,17-18,20H,3,5-6,15-16H2,1-2H3. The van der Waals surface area contributed by atoms with E-state index in [1.807, 2.05) is 13.0 Å². The van der Waals surface area contributed by atoms with Crippen LogP contribution in [-0.4, -0.2) is 27.3 Å². The molecule has 5 nitrogen and oxygen atoms in total. The lowest BCUT2D eigenvalue weighted by molar-refractivity contribution is 0.0520. The van der Waals surface area contributed by atoms with Crippen molar-refractivity contribution in [2.24, 2.45) is 5.92 Å². The van der Waals surface area contributed by atoms with Gasteiger partial charge in [-0.3, -0.25) is 0 Å². The van der Waals surface area contributed by atoms with Gasteiger partial charge in [0.05, 0.1) is 18.0 Å². The number of thiazole rings is 1. The van der Waals surface area contributed by atoms with E-state index in [-0.39, 0.29) is 24.5 Å². The van der Waals surface area contributed by atoms with Gasteiger partial charge in [-0.15, -0.1) is 11.3 Å². The minimum Gasteiger partial charge on any atom is -0.461 e. The van der Waals surface area contributed by atoms with E-state index in [1.54, 1.807) is 35.2 Å². The van der Waals surface area contributed by atoms with Gasteiger partial charge in [-0.1, -0.05) is 24.3 Å². The molecule has 1 aliphatic rings. The van der Waals surface area contributed by atoms with Crippen molar-refractivity contribution in [3.8, 4) is 27.5 Å². The lowest BCUT2D eigenvalue weighted by atomic mass is 9.94. The zero-order valence-electron chi connectivity index (χ0n) is 23.2. The van der Waals surface area contributed by atoms with E-state index >= 15 is 8.78 Å². The molecule has 0 atom stereocenters. The predicted octanol–water partition coefficient (Wildman–Crippen LogP) is 8.11. The molecule has 3 aromatic carbocycles. The van der Waals surface area contributed by atoms with Crippen LogP contribution in [0.3, 0.4) is 0 Å². The Labute approximate surface area is 245 Å². The molecular weight excluding hydrogens is 559 g/mol. The summed E-state index contributed by atoms with van der Waals surface area (Å²) in [5.74, 6) is -1.22. The number of ether oxygens (including phenoxy) is 1. The van der Waals surface area contributed by atoms with Crippen LogP contribution in [0.4, 0.5) is 13.2 Å². The predicted molar refractivity (Wildman–Crippen MR) is 156 cm³/mol. The van der Waals surface area contributed by atoms with Crippen molar-refractivity contribution in [3.63, 3.8) is 0 Å². The maximum Gasteiger partial charge on any atom is 0.357 e. The Balaban J connectivity index is 1.53. The number of carbonyl (C=O) groups excluding carboxylic acids is 1. The minimum atomic E-state index is -0.513. The molecule has 214 valence electrons. The lowest BCUT2D eigenvalue weighted by Crippen LogP contribution is -2.08. The molecule has 0 bridgehead atoms. The van der Waals surface area contributed by atoms with Crippen molar-refractivity contribution in [3.05, 3.63) is 112 Å². The van der Waals surface area contributed by atoms with E-state index < -0.39 is 17.6 Å². The number of rotatable bonds is 9. The molecule has 1 fully saturated rings. The van der Waals surface area contributed by atoms with E-state index in [0.717, 1.165) is 29.7 Å². The Morgan fingerprint density at radius 2 is 1.76 bits per heavy atom. The van der Waals surface area contributed by atoms with Gasteiger partial charge in [0.1, 0.15) is 17.5 Å². The molecular formula is C33H28F3N3O2S. The molecule has 0 radical (unpaired) electrons. The summed E-state index contributed by atoms with van der Waals surface area (Å²) in [7, 11) is 0. The van der Waals surface area contributed by atoms with Crippen LogP contribution in [0.5, 0.6) is 0 Å². The van der Waals surface area contributed by atoms with E-state index in [1.165, 1.54) is 47.7 Å². The van der Waals surface area contributed by atoms with Gasteiger partial charge in [0, 0.05) is 28.5 Å². The molecule has 42 heavy (non-hydrogen) atoms. The Kier molecular flexibility index (Phi) is 7.68. The third-order valence-electron chi connectivity index (χ3n) is 7.40. The lowest BCUT2D eigenvalue weighted by Gasteiger charge is -2.11. The van der Waals surface area contributed by atoms with Crippen molar-refractivity contribution in [1.82, 2.24) is 14.8 Å². The molecule has 6 rings (SSSR count). The summed E-state index contributed by atoms with van der Waals surface area (Å²) in [6.45, 7) is 3.81. The summed E-state index contributed by atoms with van der Waals surface area (Å²) >= 11 is 1.27. The van der Waals surface area contributed by atoms with Crippen LogP contribution in [0.25, 0.3) is 27.5 Å². The highest BCUT2D eigenvalue weighted by atomic mass is 32.1. The number of hydrogen-bond acceptors (Lipinski definition) is 5. The molecule has 0 spiro atoms. The van der Waals surface area contributed by atoms with Crippen LogP contribution in [0.15, 0.2) is 66.0 Å². The summed E-state index contributed by atoms with van der Waals surface area (Å²) < 4.78 is 50.7. The van der Waals surface area contributed by atoms with Crippen molar-refractivity contribution in [2.45, 2.75) is 39.5 Å². The van der Waals surface area contributed by atoms with Crippen LogP contribution in [0.2, 0.25) is 0 Å². The first-order valence-electron chi connectivity index (χ1n) is 13.9. The fourth-order valence-corrected chi connectivity index (χ4v) is 5.80.